The van der Waals surface area contributed by atoms with E-state index in [9.17, 15) is 13.7 Å². The quantitative estimate of drug-likeness (QED) is 0.745. The van der Waals surface area contributed by atoms with Crippen LogP contribution in [0.4, 0.5) is 0 Å². The molecule has 0 saturated carbocycles. The van der Waals surface area contributed by atoms with Crippen molar-refractivity contribution in [3.8, 4) is 6.07 Å². The number of nitriles is 1. The molecule has 2 fully saturated rings. The summed E-state index contributed by atoms with van der Waals surface area (Å²) in [5.41, 5.74) is -0.409. The molecule has 2 heterocycles. The summed E-state index contributed by atoms with van der Waals surface area (Å²) in [5, 5.41) is 9.29. The van der Waals surface area contributed by atoms with Crippen molar-refractivity contribution < 1.29 is 13.2 Å². The third kappa shape index (κ3) is 2.23. The van der Waals surface area contributed by atoms with E-state index in [-0.39, 0.29) is 18.0 Å². The van der Waals surface area contributed by atoms with E-state index in [1.165, 1.54) is 6.26 Å². The molecule has 0 spiro atoms. The Morgan fingerprint density at radius 2 is 2.25 bits per heavy atom. The molecule has 2 aliphatic heterocycles. The fraction of sp³-hybridized carbons (Fsp3) is 0.909. The van der Waals surface area contributed by atoms with Crippen LogP contribution in [-0.4, -0.2) is 32.6 Å². The van der Waals surface area contributed by atoms with Gasteiger partial charge in [-0.1, -0.05) is 0 Å². The molecule has 0 amide bonds. The van der Waals surface area contributed by atoms with Gasteiger partial charge in [0.25, 0.3) is 0 Å². The monoisotopic (exact) mass is 243 g/mol. The van der Waals surface area contributed by atoms with Gasteiger partial charge in [0.1, 0.15) is 9.84 Å². The summed E-state index contributed by atoms with van der Waals surface area (Å²) in [5.74, 6) is 0.174. The maximum absolute atomic E-state index is 11.0. The van der Waals surface area contributed by atoms with Gasteiger partial charge in [0.05, 0.1) is 23.7 Å². The molecular weight excluding hydrogens is 226 g/mol. The van der Waals surface area contributed by atoms with Crippen molar-refractivity contribution in [2.45, 2.75) is 44.3 Å². The highest BCUT2D eigenvalue weighted by molar-refractivity contribution is 7.90. The fourth-order valence-electron chi connectivity index (χ4n) is 2.89. The Morgan fingerprint density at radius 3 is 2.69 bits per heavy atom. The second-order valence-electron chi connectivity index (χ2n) is 5.03. The second kappa shape index (κ2) is 4.01. The molecule has 0 aromatic rings. The lowest BCUT2D eigenvalue weighted by atomic mass is 9.72. The number of rotatable bonds is 4. The Labute approximate surface area is 96.5 Å². The minimum Gasteiger partial charge on any atom is -0.373 e. The predicted molar refractivity (Wildman–Crippen MR) is 59.5 cm³/mol. The first kappa shape index (κ1) is 11.9. The largest absolute Gasteiger partial charge is 0.373 e. The van der Waals surface area contributed by atoms with E-state index in [0.29, 0.717) is 12.8 Å². The van der Waals surface area contributed by atoms with Crippen LogP contribution in [0.2, 0.25) is 0 Å². The summed E-state index contributed by atoms with van der Waals surface area (Å²) in [6.45, 7) is 0. The average molecular weight is 243 g/mol. The standard InChI is InChI=1S/C11H17NO3S/c1-16(13,14)6-2-5-11(8-12)7-9-3-4-10(11)15-9/h9-10H,2-7H2,1H3. The van der Waals surface area contributed by atoms with Gasteiger partial charge in [-0.2, -0.15) is 5.26 Å². The van der Waals surface area contributed by atoms with Gasteiger partial charge in [-0.3, -0.25) is 0 Å². The van der Waals surface area contributed by atoms with Crippen LogP contribution in [0.3, 0.4) is 0 Å². The topological polar surface area (TPSA) is 67.2 Å². The van der Waals surface area contributed by atoms with E-state index >= 15 is 0 Å². The summed E-state index contributed by atoms with van der Waals surface area (Å²) in [6.07, 6.45) is 5.54. The van der Waals surface area contributed by atoms with E-state index in [1.54, 1.807) is 0 Å². The minimum absolute atomic E-state index is 0.0436. The van der Waals surface area contributed by atoms with E-state index in [1.807, 2.05) is 0 Å². The molecule has 90 valence electrons. The Kier molecular flexibility index (Phi) is 2.97. The number of ether oxygens (including phenoxy) is 1. The van der Waals surface area contributed by atoms with Crippen LogP contribution >= 0.6 is 0 Å². The third-order valence-corrected chi connectivity index (χ3v) is 4.71. The molecule has 0 aromatic carbocycles. The molecule has 2 aliphatic rings. The van der Waals surface area contributed by atoms with Crippen LogP contribution in [0.1, 0.15) is 32.1 Å². The Balaban J connectivity index is 1.95. The maximum atomic E-state index is 11.0. The first-order valence-corrected chi connectivity index (χ1v) is 7.76. The Hall–Kier alpha value is -0.600. The highest BCUT2D eigenvalue weighted by Crippen LogP contribution is 2.49. The van der Waals surface area contributed by atoms with Crippen molar-refractivity contribution in [2.75, 3.05) is 12.0 Å². The molecule has 2 saturated heterocycles. The van der Waals surface area contributed by atoms with Crippen LogP contribution in [0.15, 0.2) is 0 Å². The smallest absolute Gasteiger partial charge is 0.147 e. The molecule has 3 atom stereocenters. The van der Waals surface area contributed by atoms with Crippen LogP contribution < -0.4 is 0 Å². The van der Waals surface area contributed by atoms with Crippen molar-refractivity contribution in [1.82, 2.24) is 0 Å². The Bertz CT molecular complexity index is 411. The summed E-state index contributed by atoms with van der Waals surface area (Å²) in [6, 6.07) is 2.38. The molecule has 16 heavy (non-hydrogen) atoms. The lowest BCUT2D eigenvalue weighted by Crippen LogP contribution is -2.31. The van der Waals surface area contributed by atoms with Crippen LogP contribution in [0, 0.1) is 16.7 Å². The van der Waals surface area contributed by atoms with Gasteiger partial charge in [-0.15, -0.1) is 0 Å². The number of hydrogen-bond acceptors (Lipinski definition) is 4. The molecule has 4 nitrogen and oxygen atoms in total. The second-order valence-corrected chi connectivity index (χ2v) is 7.29. The van der Waals surface area contributed by atoms with Gasteiger partial charge < -0.3 is 4.74 Å². The lowest BCUT2D eigenvalue weighted by molar-refractivity contribution is 0.0761. The molecule has 5 heteroatoms. The zero-order valence-electron chi connectivity index (χ0n) is 9.48. The zero-order valence-corrected chi connectivity index (χ0v) is 10.3. The normalized spacial score (nSPS) is 37.5. The van der Waals surface area contributed by atoms with E-state index in [4.69, 9.17) is 4.74 Å². The van der Waals surface area contributed by atoms with Gasteiger partial charge in [0.15, 0.2) is 0 Å². The SMILES string of the molecule is CS(=O)(=O)CCCC1(C#N)CC2CCC1O2. The van der Waals surface area contributed by atoms with Crippen LogP contribution in [-0.2, 0) is 14.6 Å². The van der Waals surface area contributed by atoms with Gasteiger partial charge in [0, 0.05) is 12.0 Å². The summed E-state index contributed by atoms with van der Waals surface area (Å²) in [7, 11) is -2.91. The molecular formula is C11H17NO3S. The average Bonchev–Trinajstić information content (AvgIpc) is 2.75. The highest BCUT2D eigenvalue weighted by atomic mass is 32.2. The predicted octanol–water partition coefficient (Wildman–Crippen LogP) is 1.27. The van der Waals surface area contributed by atoms with Gasteiger partial charge in [-0.25, -0.2) is 8.42 Å². The van der Waals surface area contributed by atoms with Crippen LogP contribution in [0.5, 0.6) is 0 Å². The van der Waals surface area contributed by atoms with Crippen LogP contribution in [0.25, 0.3) is 0 Å². The van der Waals surface area contributed by atoms with E-state index in [0.717, 1.165) is 19.3 Å². The molecule has 0 radical (unpaired) electrons. The Morgan fingerprint density at radius 1 is 1.50 bits per heavy atom. The summed E-state index contributed by atoms with van der Waals surface area (Å²) < 4.78 is 27.8. The molecule has 2 bridgehead atoms. The first-order valence-electron chi connectivity index (χ1n) is 5.70. The number of nitrogens with zero attached hydrogens (tertiary/aromatic N) is 1. The third-order valence-electron chi connectivity index (χ3n) is 3.68. The number of sulfone groups is 1. The van der Waals surface area contributed by atoms with Gasteiger partial charge in [-0.05, 0) is 32.1 Å². The fourth-order valence-corrected chi connectivity index (χ4v) is 3.56. The zero-order chi connectivity index (χ0) is 11.8. The molecule has 0 aliphatic carbocycles. The first-order chi connectivity index (χ1) is 7.45. The molecule has 3 unspecified atom stereocenters. The van der Waals surface area contributed by atoms with Crippen molar-refractivity contribution in [2.24, 2.45) is 5.41 Å². The molecule has 0 N–H and O–H groups in total. The van der Waals surface area contributed by atoms with Crippen molar-refractivity contribution in [3.63, 3.8) is 0 Å². The molecule has 0 aromatic heterocycles. The van der Waals surface area contributed by atoms with Crippen molar-refractivity contribution in [3.05, 3.63) is 0 Å². The number of fused-ring (bicyclic) bond motifs is 2. The van der Waals surface area contributed by atoms with Crippen molar-refractivity contribution >= 4 is 9.84 Å². The number of hydrogen-bond donors (Lipinski definition) is 0. The summed E-state index contributed by atoms with van der Waals surface area (Å²) in [4.78, 5) is 0. The van der Waals surface area contributed by atoms with E-state index < -0.39 is 15.3 Å². The van der Waals surface area contributed by atoms with E-state index in [2.05, 4.69) is 6.07 Å². The minimum atomic E-state index is -2.91. The van der Waals surface area contributed by atoms with Gasteiger partial charge >= 0.3 is 0 Å². The maximum Gasteiger partial charge on any atom is 0.147 e. The lowest BCUT2D eigenvalue weighted by Gasteiger charge is -2.27. The highest BCUT2D eigenvalue weighted by Gasteiger charge is 2.52. The summed E-state index contributed by atoms with van der Waals surface area (Å²) >= 11 is 0. The molecule has 2 rings (SSSR count). The van der Waals surface area contributed by atoms with Crippen molar-refractivity contribution in [1.29, 1.82) is 5.26 Å². The van der Waals surface area contributed by atoms with Gasteiger partial charge in [0.2, 0.25) is 0 Å².